The summed E-state index contributed by atoms with van der Waals surface area (Å²) in [7, 11) is 2.94. The standard InChI is InChI=1S/C22H25FN2O5/c1-14(26)24-19-12-15(13-20(28-2)21(19)29-3)22(27)25-10-8-18(9-11-25)30-17-6-4-16(23)5-7-17/h4-7,12-13,18H,8-11H2,1-3H3,(H,24,26). The largest absolute Gasteiger partial charge is 0.493 e. The molecule has 2 aromatic rings. The van der Waals surface area contributed by atoms with E-state index in [9.17, 15) is 14.0 Å². The number of likely N-dealkylation sites (tertiary alicyclic amines) is 1. The van der Waals surface area contributed by atoms with Gasteiger partial charge in [-0.2, -0.15) is 0 Å². The highest BCUT2D eigenvalue weighted by molar-refractivity contribution is 5.99. The van der Waals surface area contributed by atoms with Crippen LogP contribution in [0.15, 0.2) is 36.4 Å². The maximum atomic E-state index is 13.0. The van der Waals surface area contributed by atoms with Crippen molar-refractivity contribution in [2.75, 3.05) is 32.6 Å². The quantitative estimate of drug-likeness (QED) is 0.780. The summed E-state index contributed by atoms with van der Waals surface area (Å²) in [6.45, 7) is 2.43. The monoisotopic (exact) mass is 416 g/mol. The lowest BCUT2D eigenvalue weighted by molar-refractivity contribution is -0.114. The van der Waals surface area contributed by atoms with Crippen LogP contribution in [0.1, 0.15) is 30.1 Å². The number of carbonyl (C=O) groups is 2. The zero-order valence-electron chi connectivity index (χ0n) is 17.2. The van der Waals surface area contributed by atoms with Crippen LogP contribution in [0.5, 0.6) is 17.2 Å². The number of rotatable bonds is 6. The summed E-state index contributed by atoms with van der Waals surface area (Å²) in [5.41, 5.74) is 0.775. The number of nitrogens with zero attached hydrogens (tertiary/aromatic N) is 1. The van der Waals surface area contributed by atoms with Crippen molar-refractivity contribution >= 4 is 17.5 Å². The Balaban J connectivity index is 1.69. The van der Waals surface area contributed by atoms with Gasteiger partial charge in [0, 0.05) is 38.4 Å². The van der Waals surface area contributed by atoms with E-state index >= 15 is 0 Å². The molecular weight excluding hydrogens is 391 g/mol. The molecule has 0 unspecified atom stereocenters. The number of benzene rings is 2. The molecule has 1 fully saturated rings. The van der Waals surface area contributed by atoms with E-state index in [0.717, 1.165) is 0 Å². The lowest BCUT2D eigenvalue weighted by atomic mass is 10.1. The fourth-order valence-electron chi connectivity index (χ4n) is 3.44. The Morgan fingerprint density at radius 1 is 1.07 bits per heavy atom. The molecule has 2 amide bonds. The molecule has 3 rings (SSSR count). The first-order chi connectivity index (χ1) is 14.4. The molecule has 1 aliphatic rings. The van der Waals surface area contributed by atoms with Crippen LogP contribution in [0.4, 0.5) is 10.1 Å². The fraction of sp³-hybridized carbons (Fsp3) is 0.364. The molecule has 7 nitrogen and oxygen atoms in total. The number of nitrogens with one attached hydrogen (secondary N) is 1. The van der Waals surface area contributed by atoms with E-state index in [-0.39, 0.29) is 23.7 Å². The molecule has 2 aromatic carbocycles. The Bertz CT molecular complexity index is 908. The van der Waals surface area contributed by atoms with Crippen LogP contribution in [0.25, 0.3) is 0 Å². The zero-order valence-corrected chi connectivity index (χ0v) is 17.2. The van der Waals surface area contributed by atoms with Crippen molar-refractivity contribution in [2.45, 2.75) is 25.9 Å². The highest BCUT2D eigenvalue weighted by atomic mass is 19.1. The summed E-state index contributed by atoms with van der Waals surface area (Å²) in [5, 5.41) is 2.67. The fourth-order valence-corrected chi connectivity index (χ4v) is 3.44. The summed E-state index contributed by atoms with van der Waals surface area (Å²) in [6.07, 6.45) is 1.28. The van der Waals surface area contributed by atoms with E-state index in [2.05, 4.69) is 5.32 Å². The van der Waals surface area contributed by atoms with E-state index in [1.165, 1.54) is 33.3 Å². The first-order valence-electron chi connectivity index (χ1n) is 9.66. The third-order valence-electron chi connectivity index (χ3n) is 4.88. The Morgan fingerprint density at radius 2 is 1.73 bits per heavy atom. The number of hydrogen-bond donors (Lipinski definition) is 1. The molecule has 1 saturated heterocycles. The molecular formula is C22H25FN2O5. The van der Waals surface area contributed by atoms with Gasteiger partial charge in [0.05, 0.1) is 19.9 Å². The summed E-state index contributed by atoms with van der Waals surface area (Å²) in [6, 6.07) is 9.11. The molecule has 0 atom stereocenters. The van der Waals surface area contributed by atoms with Gasteiger partial charge in [0.25, 0.3) is 5.91 Å². The summed E-state index contributed by atoms with van der Waals surface area (Å²) < 4.78 is 29.6. The van der Waals surface area contributed by atoms with Gasteiger partial charge in [-0.05, 0) is 36.4 Å². The number of ether oxygens (including phenoxy) is 3. The molecule has 1 heterocycles. The smallest absolute Gasteiger partial charge is 0.254 e. The number of methoxy groups -OCH3 is 2. The van der Waals surface area contributed by atoms with Gasteiger partial charge < -0.3 is 24.4 Å². The van der Waals surface area contributed by atoms with Crippen LogP contribution in [-0.2, 0) is 4.79 Å². The molecule has 30 heavy (non-hydrogen) atoms. The van der Waals surface area contributed by atoms with E-state index in [4.69, 9.17) is 14.2 Å². The van der Waals surface area contributed by atoms with Crippen molar-refractivity contribution in [3.05, 3.63) is 47.8 Å². The van der Waals surface area contributed by atoms with Crippen molar-refractivity contribution in [1.82, 2.24) is 4.90 Å². The minimum Gasteiger partial charge on any atom is -0.493 e. The first kappa shape index (κ1) is 21.4. The van der Waals surface area contributed by atoms with Crippen molar-refractivity contribution in [3.63, 3.8) is 0 Å². The maximum Gasteiger partial charge on any atom is 0.254 e. The van der Waals surface area contributed by atoms with Crippen molar-refractivity contribution in [3.8, 4) is 17.2 Å². The normalized spacial score (nSPS) is 14.2. The zero-order chi connectivity index (χ0) is 21.7. The third kappa shape index (κ3) is 5.00. The predicted octanol–water partition coefficient (Wildman–Crippen LogP) is 3.48. The molecule has 0 aliphatic carbocycles. The summed E-state index contributed by atoms with van der Waals surface area (Å²) >= 11 is 0. The topological polar surface area (TPSA) is 77.1 Å². The third-order valence-corrected chi connectivity index (χ3v) is 4.88. The number of halogens is 1. The Labute approximate surface area is 174 Å². The molecule has 0 radical (unpaired) electrons. The second-order valence-electron chi connectivity index (χ2n) is 7.00. The molecule has 0 spiro atoms. The van der Waals surface area contributed by atoms with E-state index < -0.39 is 0 Å². The van der Waals surface area contributed by atoms with Crippen LogP contribution in [0, 0.1) is 5.82 Å². The van der Waals surface area contributed by atoms with Gasteiger partial charge in [0.15, 0.2) is 11.5 Å². The highest BCUT2D eigenvalue weighted by Gasteiger charge is 2.26. The molecule has 0 saturated carbocycles. The predicted molar refractivity (Wildman–Crippen MR) is 110 cm³/mol. The highest BCUT2D eigenvalue weighted by Crippen LogP contribution is 2.37. The first-order valence-corrected chi connectivity index (χ1v) is 9.66. The Kier molecular flexibility index (Phi) is 6.76. The van der Waals surface area contributed by atoms with Crippen molar-refractivity contribution in [2.24, 2.45) is 0 Å². The van der Waals surface area contributed by atoms with Gasteiger partial charge >= 0.3 is 0 Å². The molecule has 0 bridgehead atoms. The molecule has 1 aliphatic heterocycles. The van der Waals surface area contributed by atoms with Crippen LogP contribution in [0.3, 0.4) is 0 Å². The van der Waals surface area contributed by atoms with Crippen molar-refractivity contribution < 1.29 is 28.2 Å². The van der Waals surface area contributed by atoms with E-state index in [1.807, 2.05) is 0 Å². The van der Waals surface area contributed by atoms with Gasteiger partial charge in [-0.25, -0.2) is 4.39 Å². The van der Waals surface area contributed by atoms with Gasteiger partial charge in [-0.1, -0.05) is 0 Å². The molecule has 0 aromatic heterocycles. The van der Waals surface area contributed by atoms with E-state index in [1.54, 1.807) is 29.2 Å². The van der Waals surface area contributed by atoms with Gasteiger partial charge in [0.1, 0.15) is 17.7 Å². The van der Waals surface area contributed by atoms with Gasteiger partial charge in [-0.15, -0.1) is 0 Å². The Hall–Kier alpha value is -3.29. The average molecular weight is 416 g/mol. The number of hydrogen-bond acceptors (Lipinski definition) is 5. The number of piperidine rings is 1. The lowest BCUT2D eigenvalue weighted by Crippen LogP contribution is -2.41. The van der Waals surface area contributed by atoms with Gasteiger partial charge in [-0.3, -0.25) is 9.59 Å². The summed E-state index contributed by atoms with van der Waals surface area (Å²) in [4.78, 5) is 26.3. The van der Waals surface area contributed by atoms with Crippen LogP contribution in [-0.4, -0.2) is 50.1 Å². The van der Waals surface area contributed by atoms with Gasteiger partial charge in [0.2, 0.25) is 5.91 Å². The number of carbonyl (C=O) groups excluding carboxylic acids is 2. The molecule has 1 N–H and O–H groups in total. The second kappa shape index (κ2) is 9.47. The van der Waals surface area contributed by atoms with Crippen LogP contribution in [0.2, 0.25) is 0 Å². The van der Waals surface area contributed by atoms with Crippen LogP contribution < -0.4 is 19.5 Å². The number of amides is 2. The maximum absolute atomic E-state index is 13.0. The van der Waals surface area contributed by atoms with E-state index in [0.29, 0.717) is 54.4 Å². The Morgan fingerprint density at radius 3 is 2.30 bits per heavy atom. The lowest BCUT2D eigenvalue weighted by Gasteiger charge is -2.32. The van der Waals surface area contributed by atoms with Crippen LogP contribution >= 0.6 is 0 Å². The van der Waals surface area contributed by atoms with Crippen molar-refractivity contribution in [1.29, 1.82) is 0 Å². The molecule has 160 valence electrons. The second-order valence-corrected chi connectivity index (χ2v) is 7.00. The average Bonchev–Trinajstić information content (AvgIpc) is 2.74. The minimum absolute atomic E-state index is 0.0418. The minimum atomic E-state index is -0.309. The summed E-state index contributed by atoms with van der Waals surface area (Å²) in [5.74, 6) is 0.580. The molecule has 8 heteroatoms. The number of anilines is 1. The SMILES string of the molecule is COc1cc(C(=O)N2CCC(Oc3ccc(F)cc3)CC2)cc(NC(C)=O)c1OC.